The molecule has 0 aromatic rings. The maximum atomic E-state index is 10.7. The third-order valence-corrected chi connectivity index (χ3v) is 1.93. The summed E-state index contributed by atoms with van der Waals surface area (Å²) in [5, 5.41) is 11.3. The highest BCUT2D eigenvalue weighted by Crippen LogP contribution is 2.15. The van der Waals surface area contributed by atoms with Gasteiger partial charge in [0.25, 0.3) is 0 Å². The summed E-state index contributed by atoms with van der Waals surface area (Å²) >= 11 is 0. The minimum Gasteiger partial charge on any atom is -0.381 e. The first-order valence-corrected chi connectivity index (χ1v) is 3.98. The lowest BCUT2D eigenvalue weighted by atomic mass is 10.0. The normalized spacial score (nSPS) is 24.5. The first kappa shape index (κ1) is 9.01. The minimum absolute atomic E-state index is 0.159. The zero-order chi connectivity index (χ0) is 8.97. The molecule has 1 aliphatic heterocycles. The van der Waals surface area contributed by atoms with Gasteiger partial charge in [-0.1, -0.05) is 0 Å². The second kappa shape index (κ2) is 4.07. The largest absolute Gasteiger partial charge is 0.381 e. The van der Waals surface area contributed by atoms with E-state index in [0.717, 1.165) is 6.42 Å². The van der Waals surface area contributed by atoms with Crippen molar-refractivity contribution in [2.75, 3.05) is 13.2 Å². The van der Waals surface area contributed by atoms with Crippen LogP contribution in [0.15, 0.2) is 0 Å². The molecule has 2 unspecified atom stereocenters. The van der Waals surface area contributed by atoms with Crippen LogP contribution in [0.4, 0.5) is 0 Å². The van der Waals surface area contributed by atoms with Gasteiger partial charge in [-0.05, 0) is 6.42 Å². The van der Waals surface area contributed by atoms with Gasteiger partial charge in [0.2, 0.25) is 5.91 Å². The van der Waals surface area contributed by atoms with E-state index in [1.54, 1.807) is 0 Å². The molecule has 2 atom stereocenters. The lowest BCUT2D eigenvalue weighted by Gasteiger charge is -2.14. The van der Waals surface area contributed by atoms with E-state index in [4.69, 9.17) is 10.00 Å². The number of ether oxygens (including phenoxy) is 1. The molecular weight excluding hydrogens is 156 g/mol. The Morgan fingerprint density at radius 2 is 2.58 bits per heavy atom. The van der Waals surface area contributed by atoms with Gasteiger partial charge in [0.1, 0.15) is 6.04 Å². The molecule has 0 radical (unpaired) electrons. The number of carbonyl (C=O) groups excluding carboxylic acids is 1. The van der Waals surface area contributed by atoms with Gasteiger partial charge >= 0.3 is 0 Å². The Kier molecular flexibility index (Phi) is 3.06. The molecule has 1 amide bonds. The van der Waals surface area contributed by atoms with E-state index in [9.17, 15) is 4.79 Å². The summed E-state index contributed by atoms with van der Waals surface area (Å²) in [6.45, 7) is 2.70. The van der Waals surface area contributed by atoms with Gasteiger partial charge in [0.15, 0.2) is 0 Å². The van der Waals surface area contributed by atoms with E-state index >= 15 is 0 Å². The van der Waals surface area contributed by atoms with Crippen molar-refractivity contribution in [3.63, 3.8) is 0 Å². The molecule has 1 aliphatic rings. The molecule has 4 nitrogen and oxygen atoms in total. The van der Waals surface area contributed by atoms with Crippen LogP contribution in [-0.2, 0) is 9.53 Å². The summed E-state index contributed by atoms with van der Waals surface area (Å²) in [6, 6.07) is 1.68. The first-order chi connectivity index (χ1) is 5.74. The van der Waals surface area contributed by atoms with Crippen LogP contribution in [-0.4, -0.2) is 25.2 Å². The molecule has 0 bridgehead atoms. The molecule has 66 valence electrons. The van der Waals surface area contributed by atoms with Crippen LogP contribution in [0.25, 0.3) is 0 Å². The van der Waals surface area contributed by atoms with E-state index < -0.39 is 0 Å². The topological polar surface area (TPSA) is 62.1 Å². The van der Waals surface area contributed by atoms with Crippen molar-refractivity contribution in [1.29, 1.82) is 5.26 Å². The summed E-state index contributed by atoms with van der Waals surface area (Å²) in [5.74, 6) is 0.00681. The Hall–Kier alpha value is -1.08. The van der Waals surface area contributed by atoms with Crippen LogP contribution in [0.2, 0.25) is 0 Å². The molecule has 0 aromatic heterocycles. The van der Waals surface area contributed by atoms with Crippen molar-refractivity contribution in [2.24, 2.45) is 5.92 Å². The maximum absolute atomic E-state index is 10.7. The monoisotopic (exact) mass is 168 g/mol. The van der Waals surface area contributed by atoms with E-state index in [1.165, 1.54) is 6.92 Å². The molecule has 4 heteroatoms. The molecule has 1 saturated heterocycles. The van der Waals surface area contributed by atoms with Gasteiger partial charge in [-0.15, -0.1) is 0 Å². The predicted octanol–water partition coefficient (Wildman–Crippen LogP) is 0.0512. The van der Waals surface area contributed by atoms with Gasteiger partial charge in [0, 0.05) is 19.4 Å². The quantitative estimate of drug-likeness (QED) is 0.633. The second-order valence-corrected chi connectivity index (χ2v) is 2.93. The predicted molar refractivity (Wildman–Crippen MR) is 42.1 cm³/mol. The zero-order valence-electron chi connectivity index (χ0n) is 7.04. The summed E-state index contributed by atoms with van der Waals surface area (Å²) in [6.07, 6.45) is 0.860. The zero-order valence-corrected chi connectivity index (χ0v) is 7.04. The second-order valence-electron chi connectivity index (χ2n) is 2.93. The summed E-state index contributed by atoms with van der Waals surface area (Å²) in [4.78, 5) is 10.7. The standard InChI is InChI=1S/C8H12N2O2/c1-6(11)10-8(4-9)7-2-3-12-5-7/h7-8H,2-3,5H2,1H3,(H,10,11). The van der Waals surface area contributed by atoms with Crippen LogP contribution >= 0.6 is 0 Å². The molecule has 1 heterocycles. The van der Waals surface area contributed by atoms with Crippen LogP contribution in [0.1, 0.15) is 13.3 Å². The van der Waals surface area contributed by atoms with Gasteiger partial charge in [-0.3, -0.25) is 4.79 Å². The Morgan fingerprint density at radius 3 is 3.00 bits per heavy atom. The molecule has 12 heavy (non-hydrogen) atoms. The third-order valence-electron chi connectivity index (χ3n) is 1.93. The van der Waals surface area contributed by atoms with Gasteiger partial charge in [-0.25, -0.2) is 0 Å². The average molecular weight is 168 g/mol. The van der Waals surface area contributed by atoms with Crippen LogP contribution in [0.5, 0.6) is 0 Å². The maximum Gasteiger partial charge on any atom is 0.217 e. The van der Waals surface area contributed by atoms with Crippen LogP contribution < -0.4 is 5.32 Å². The average Bonchev–Trinajstić information content (AvgIpc) is 2.51. The SMILES string of the molecule is CC(=O)NC(C#N)C1CCOC1. The molecule has 0 saturated carbocycles. The number of nitriles is 1. The summed E-state index contributed by atoms with van der Waals surface area (Å²) < 4.78 is 5.12. The number of nitrogens with zero attached hydrogens (tertiary/aromatic N) is 1. The lowest BCUT2D eigenvalue weighted by Crippen LogP contribution is -2.38. The van der Waals surface area contributed by atoms with E-state index in [2.05, 4.69) is 11.4 Å². The van der Waals surface area contributed by atoms with Gasteiger partial charge < -0.3 is 10.1 Å². The van der Waals surface area contributed by atoms with E-state index in [1.807, 2.05) is 0 Å². The number of hydrogen-bond donors (Lipinski definition) is 1. The van der Waals surface area contributed by atoms with Gasteiger partial charge in [-0.2, -0.15) is 5.26 Å². The minimum atomic E-state index is -0.384. The van der Waals surface area contributed by atoms with Crippen molar-refractivity contribution in [3.8, 4) is 6.07 Å². The van der Waals surface area contributed by atoms with Crippen LogP contribution in [0, 0.1) is 17.2 Å². The number of hydrogen-bond acceptors (Lipinski definition) is 3. The van der Waals surface area contributed by atoms with E-state index in [-0.39, 0.29) is 17.9 Å². The number of nitrogens with one attached hydrogen (secondary N) is 1. The molecule has 1 N–H and O–H groups in total. The fourth-order valence-electron chi connectivity index (χ4n) is 1.29. The summed E-state index contributed by atoms with van der Waals surface area (Å²) in [7, 11) is 0. The Bertz CT molecular complexity index is 204. The lowest BCUT2D eigenvalue weighted by molar-refractivity contribution is -0.119. The van der Waals surface area contributed by atoms with Gasteiger partial charge in [0.05, 0.1) is 12.7 Å². The van der Waals surface area contributed by atoms with Crippen molar-refractivity contribution < 1.29 is 9.53 Å². The van der Waals surface area contributed by atoms with Crippen LogP contribution in [0.3, 0.4) is 0 Å². The summed E-state index contributed by atoms with van der Waals surface area (Å²) in [5.41, 5.74) is 0. The van der Waals surface area contributed by atoms with Crippen molar-refractivity contribution >= 4 is 5.91 Å². The number of amides is 1. The fraction of sp³-hybridized carbons (Fsp3) is 0.750. The highest BCUT2D eigenvalue weighted by Gasteiger charge is 2.25. The molecule has 0 aliphatic carbocycles. The molecule has 0 spiro atoms. The van der Waals surface area contributed by atoms with E-state index in [0.29, 0.717) is 13.2 Å². The molecular formula is C8H12N2O2. The first-order valence-electron chi connectivity index (χ1n) is 3.98. The van der Waals surface area contributed by atoms with Crippen molar-refractivity contribution in [3.05, 3.63) is 0 Å². The highest BCUT2D eigenvalue weighted by molar-refractivity contribution is 5.73. The van der Waals surface area contributed by atoms with Crippen molar-refractivity contribution in [2.45, 2.75) is 19.4 Å². The Morgan fingerprint density at radius 1 is 1.83 bits per heavy atom. The molecule has 0 aromatic carbocycles. The third kappa shape index (κ3) is 2.21. The van der Waals surface area contributed by atoms with Crippen molar-refractivity contribution in [1.82, 2.24) is 5.32 Å². The molecule has 1 rings (SSSR count). The Balaban J connectivity index is 2.44. The Labute approximate surface area is 71.5 Å². The smallest absolute Gasteiger partial charge is 0.217 e. The number of rotatable bonds is 2. The molecule has 1 fully saturated rings. The highest BCUT2D eigenvalue weighted by atomic mass is 16.5. The number of carbonyl (C=O) groups is 1. The fourth-order valence-corrected chi connectivity index (χ4v) is 1.29.